The number of rotatable bonds is 6. The van der Waals surface area contributed by atoms with E-state index in [9.17, 15) is 4.79 Å². The molecule has 0 saturated heterocycles. The van der Waals surface area contributed by atoms with Crippen LogP contribution < -0.4 is 10.1 Å². The zero-order chi connectivity index (χ0) is 14.9. The maximum absolute atomic E-state index is 11.7. The first-order valence-corrected chi connectivity index (χ1v) is 7.00. The highest BCUT2D eigenvalue weighted by Crippen LogP contribution is 2.12. The molecule has 2 aromatic carbocycles. The van der Waals surface area contributed by atoms with Crippen molar-refractivity contribution in [3.8, 4) is 5.75 Å². The molecule has 1 N–H and O–H groups in total. The number of carbonyl (C=O) groups is 1. The van der Waals surface area contributed by atoms with Gasteiger partial charge in [0, 0.05) is 12.6 Å². The fraction of sp³-hybridized carbons (Fsp3) is 0.167. The Morgan fingerprint density at radius 2 is 1.81 bits per heavy atom. The molecule has 0 unspecified atom stereocenters. The van der Waals surface area contributed by atoms with Gasteiger partial charge in [-0.1, -0.05) is 42.5 Å². The number of hydrogen-bond acceptors (Lipinski definition) is 2. The van der Waals surface area contributed by atoms with Crippen LogP contribution in [0, 0.1) is 0 Å². The van der Waals surface area contributed by atoms with E-state index in [2.05, 4.69) is 5.32 Å². The van der Waals surface area contributed by atoms with Crippen molar-refractivity contribution in [1.82, 2.24) is 5.32 Å². The number of benzene rings is 2. The average Bonchev–Trinajstić information content (AvgIpc) is 2.53. The molecular formula is C18H19NO2. The highest BCUT2D eigenvalue weighted by Gasteiger charge is 1.97. The van der Waals surface area contributed by atoms with Gasteiger partial charge in [0.1, 0.15) is 5.75 Å². The Bertz CT molecular complexity index is 588. The van der Waals surface area contributed by atoms with E-state index in [0.717, 1.165) is 16.9 Å². The highest BCUT2D eigenvalue weighted by atomic mass is 16.5. The van der Waals surface area contributed by atoms with Gasteiger partial charge in [0.25, 0.3) is 0 Å². The summed E-state index contributed by atoms with van der Waals surface area (Å²) in [4.78, 5) is 11.7. The molecule has 21 heavy (non-hydrogen) atoms. The van der Waals surface area contributed by atoms with Crippen LogP contribution in [0.5, 0.6) is 5.75 Å². The zero-order valence-corrected chi connectivity index (χ0v) is 12.1. The third-order valence-electron chi connectivity index (χ3n) is 2.93. The van der Waals surface area contributed by atoms with Crippen molar-refractivity contribution in [2.75, 3.05) is 6.61 Å². The highest BCUT2D eigenvalue weighted by molar-refractivity contribution is 5.91. The van der Waals surface area contributed by atoms with E-state index < -0.39 is 0 Å². The molecule has 0 fully saturated rings. The summed E-state index contributed by atoms with van der Waals surface area (Å²) in [7, 11) is 0. The summed E-state index contributed by atoms with van der Waals surface area (Å²) in [6, 6.07) is 17.5. The van der Waals surface area contributed by atoms with Gasteiger partial charge in [0.2, 0.25) is 5.91 Å². The van der Waals surface area contributed by atoms with Crippen LogP contribution in [0.3, 0.4) is 0 Å². The summed E-state index contributed by atoms with van der Waals surface area (Å²) in [6.07, 6.45) is 3.33. The average molecular weight is 281 g/mol. The third kappa shape index (κ3) is 5.15. The normalized spacial score (nSPS) is 10.5. The van der Waals surface area contributed by atoms with Crippen LogP contribution in [0.4, 0.5) is 0 Å². The van der Waals surface area contributed by atoms with E-state index in [4.69, 9.17) is 4.74 Å². The molecule has 1 amide bonds. The van der Waals surface area contributed by atoms with Crippen molar-refractivity contribution in [1.29, 1.82) is 0 Å². The van der Waals surface area contributed by atoms with Crippen LogP contribution in [0.15, 0.2) is 60.7 Å². The number of nitrogens with one attached hydrogen (secondary N) is 1. The standard InChI is InChI=1S/C18H19NO2/c1-2-21-17-11-8-15(9-12-17)10-13-18(20)19-14-16-6-4-3-5-7-16/h3-13H,2,14H2,1H3,(H,19,20)/b13-10+. The maximum Gasteiger partial charge on any atom is 0.244 e. The second kappa shape index (κ2) is 7.90. The van der Waals surface area contributed by atoms with Crippen LogP contribution in [-0.4, -0.2) is 12.5 Å². The van der Waals surface area contributed by atoms with E-state index in [0.29, 0.717) is 13.2 Å². The van der Waals surface area contributed by atoms with E-state index >= 15 is 0 Å². The molecule has 2 rings (SSSR count). The fourth-order valence-corrected chi connectivity index (χ4v) is 1.86. The molecule has 2 aromatic rings. The summed E-state index contributed by atoms with van der Waals surface area (Å²) in [6.45, 7) is 3.13. The molecule has 0 aliphatic rings. The maximum atomic E-state index is 11.7. The largest absolute Gasteiger partial charge is 0.494 e. The molecule has 3 nitrogen and oxygen atoms in total. The number of ether oxygens (including phenoxy) is 1. The van der Waals surface area contributed by atoms with Crippen molar-refractivity contribution in [3.63, 3.8) is 0 Å². The number of carbonyl (C=O) groups excluding carboxylic acids is 1. The topological polar surface area (TPSA) is 38.3 Å². The van der Waals surface area contributed by atoms with Gasteiger partial charge in [-0.2, -0.15) is 0 Å². The number of amides is 1. The van der Waals surface area contributed by atoms with Gasteiger partial charge in [-0.25, -0.2) is 0 Å². The Morgan fingerprint density at radius 3 is 2.48 bits per heavy atom. The third-order valence-corrected chi connectivity index (χ3v) is 2.93. The summed E-state index contributed by atoms with van der Waals surface area (Å²) >= 11 is 0. The van der Waals surface area contributed by atoms with Crippen molar-refractivity contribution < 1.29 is 9.53 Å². The van der Waals surface area contributed by atoms with Crippen LogP contribution in [0.2, 0.25) is 0 Å². The minimum absolute atomic E-state index is 0.104. The van der Waals surface area contributed by atoms with Crippen LogP contribution in [0.25, 0.3) is 6.08 Å². The molecule has 0 saturated carbocycles. The van der Waals surface area contributed by atoms with Crippen molar-refractivity contribution in [2.24, 2.45) is 0 Å². The lowest BCUT2D eigenvalue weighted by molar-refractivity contribution is -0.116. The molecule has 0 atom stereocenters. The van der Waals surface area contributed by atoms with Gasteiger partial charge in [0.05, 0.1) is 6.61 Å². The molecule has 0 bridgehead atoms. The Balaban J connectivity index is 1.84. The quantitative estimate of drug-likeness (QED) is 0.824. The summed E-state index contributed by atoms with van der Waals surface area (Å²) in [5.41, 5.74) is 2.05. The van der Waals surface area contributed by atoms with Crippen molar-refractivity contribution in [2.45, 2.75) is 13.5 Å². The smallest absolute Gasteiger partial charge is 0.244 e. The summed E-state index contributed by atoms with van der Waals surface area (Å²) in [5, 5.41) is 2.85. The lowest BCUT2D eigenvalue weighted by Crippen LogP contribution is -2.20. The molecule has 108 valence electrons. The number of hydrogen-bond donors (Lipinski definition) is 1. The SMILES string of the molecule is CCOc1ccc(/C=C/C(=O)NCc2ccccc2)cc1. The first-order chi connectivity index (χ1) is 10.3. The zero-order valence-electron chi connectivity index (χ0n) is 12.1. The van der Waals surface area contributed by atoms with E-state index in [-0.39, 0.29) is 5.91 Å². The lowest BCUT2D eigenvalue weighted by Gasteiger charge is -2.03. The van der Waals surface area contributed by atoms with Gasteiger partial charge >= 0.3 is 0 Å². The minimum Gasteiger partial charge on any atom is -0.494 e. The molecule has 0 aliphatic heterocycles. The molecular weight excluding hydrogens is 262 g/mol. The van der Waals surface area contributed by atoms with E-state index in [1.165, 1.54) is 0 Å². The lowest BCUT2D eigenvalue weighted by atomic mass is 10.2. The predicted octanol–water partition coefficient (Wildman–Crippen LogP) is 3.41. The minimum atomic E-state index is -0.104. The molecule has 0 aromatic heterocycles. The summed E-state index contributed by atoms with van der Waals surface area (Å²) in [5.74, 6) is 0.732. The first kappa shape index (κ1) is 14.9. The van der Waals surface area contributed by atoms with Gasteiger partial charge in [-0.05, 0) is 36.3 Å². The van der Waals surface area contributed by atoms with E-state index in [1.54, 1.807) is 12.2 Å². The van der Waals surface area contributed by atoms with E-state index in [1.807, 2.05) is 61.5 Å². The Hall–Kier alpha value is -2.55. The van der Waals surface area contributed by atoms with Crippen molar-refractivity contribution >= 4 is 12.0 Å². The fourth-order valence-electron chi connectivity index (χ4n) is 1.86. The molecule has 3 heteroatoms. The van der Waals surface area contributed by atoms with Gasteiger partial charge < -0.3 is 10.1 Å². The van der Waals surface area contributed by atoms with Crippen LogP contribution in [0.1, 0.15) is 18.1 Å². The molecule has 0 heterocycles. The second-order valence-corrected chi connectivity index (χ2v) is 4.54. The predicted molar refractivity (Wildman–Crippen MR) is 84.9 cm³/mol. The van der Waals surface area contributed by atoms with Gasteiger partial charge in [-0.3, -0.25) is 4.79 Å². The molecule has 0 spiro atoms. The van der Waals surface area contributed by atoms with Crippen LogP contribution in [-0.2, 0) is 11.3 Å². The van der Waals surface area contributed by atoms with Crippen LogP contribution >= 0.6 is 0 Å². The molecule has 0 radical (unpaired) electrons. The monoisotopic (exact) mass is 281 g/mol. The Labute approximate surface area is 125 Å². The first-order valence-electron chi connectivity index (χ1n) is 7.00. The van der Waals surface area contributed by atoms with Gasteiger partial charge in [0.15, 0.2) is 0 Å². The Morgan fingerprint density at radius 1 is 1.10 bits per heavy atom. The summed E-state index contributed by atoms with van der Waals surface area (Å²) < 4.78 is 5.37. The van der Waals surface area contributed by atoms with Crippen molar-refractivity contribution in [3.05, 3.63) is 71.8 Å². The molecule has 0 aliphatic carbocycles. The Kier molecular flexibility index (Phi) is 5.59. The second-order valence-electron chi connectivity index (χ2n) is 4.54. The van der Waals surface area contributed by atoms with Gasteiger partial charge in [-0.15, -0.1) is 0 Å².